The summed E-state index contributed by atoms with van der Waals surface area (Å²) in [7, 11) is 0. The zero-order valence-corrected chi connectivity index (χ0v) is 35.2. The van der Waals surface area contributed by atoms with Crippen LogP contribution >= 0.6 is 24.8 Å². The SMILES string of the molecule is CC(C)(C)C1=CC[C-]=C1.CC1=C[CH-]C(C)(C)c2cc3c(cc21)-c1cc2c(cc1C3)C(C)(C)CC=C2C.Cc1cc[c-]cc1.Cl.Cl.[CH2]=[Zr].[CH3-]. The quantitative estimate of drug-likeness (QED) is 0.157. The Bertz CT molecular complexity index is 1590. The summed E-state index contributed by atoms with van der Waals surface area (Å²) in [5, 5.41) is 0. The average molecular weight is 759 g/mol. The first-order valence-electron chi connectivity index (χ1n) is 16.3. The van der Waals surface area contributed by atoms with Crippen LogP contribution < -0.4 is 0 Å². The van der Waals surface area contributed by atoms with Crippen LogP contribution in [0.4, 0.5) is 0 Å². The van der Waals surface area contributed by atoms with Gasteiger partial charge in [0, 0.05) is 0 Å². The van der Waals surface area contributed by atoms with Gasteiger partial charge in [0.25, 0.3) is 0 Å². The van der Waals surface area contributed by atoms with E-state index in [2.05, 4.69) is 141 Å². The van der Waals surface area contributed by atoms with Gasteiger partial charge in [-0.25, -0.2) is 18.6 Å². The Morgan fingerprint density at radius 1 is 0.771 bits per heavy atom. The molecule has 0 spiro atoms. The van der Waals surface area contributed by atoms with Crippen LogP contribution in [-0.4, -0.2) is 4.21 Å². The Labute approximate surface area is 321 Å². The van der Waals surface area contributed by atoms with E-state index in [1.54, 1.807) is 0 Å². The topological polar surface area (TPSA) is 0 Å². The zero-order chi connectivity index (χ0) is 33.2. The summed E-state index contributed by atoms with van der Waals surface area (Å²) in [6.45, 7) is 22.7. The minimum absolute atomic E-state index is 0. The van der Waals surface area contributed by atoms with Crippen molar-refractivity contribution in [2.75, 3.05) is 0 Å². The molecular formula is C45H56Cl2Zr-4. The maximum Gasteiger partial charge on any atom is -0.358 e. The van der Waals surface area contributed by atoms with Gasteiger partial charge in [0.2, 0.25) is 0 Å². The molecule has 0 aromatic heterocycles. The monoisotopic (exact) mass is 756 g/mol. The van der Waals surface area contributed by atoms with E-state index in [9.17, 15) is 0 Å². The van der Waals surface area contributed by atoms with Crippen molar-refractivity contribution in [1.82, 2.24) is 0 Å². The van der Waals surface area contributed by atoms with E-state index in [0.717, 1.165) is 19.3 Å². The van der Waals surface area contributed by atoms with Gasteiger partial charge in [0.05, 0.1) is 0 Å². The first-order valence-corrected chi connectivity index (χ1v) is 18.0. The van der Waals surface area contributed by atoms with Crippen molar-refractivity contribution in [2.24, 2.45) is 5.41 Å². The maximum atomic E-state index is 3.34. The Kier molecular flexibility index (Phi) is 16.1. The van der Waals surface area contributed by atoms with E-state index in [1.165, 1.54) is 91.0 Å². The number of halogens is 2. The molecule has 3 aromatic carbocycles. The van der Waals surface area contributed by atoms with Crippen LogP contribution in [0.1, 0.15) is 114 Å². The van der Waals surface area contributed by atoms with E-state index in [1.807, 2.05) is 24.3 Å². The molecule has 0 nitrogen and oxygen atoms in total. The van der Waals surface area contributed by atoms with Gasteiger partial charge in [-0.1, -0.05) is 96.1 Å². The maximum absolute atomic E-state index is 3.34. The van der Waals surface area contributed by atoms with Crippen molar-refractivity contribution in [3.05, 3.63) is 143 Å². The summed E-state index contributed by atoms with van der Waals surface area (Å²) >= 11 is 1.30. The fraction of sp³-hybridized carbons (Fsp3) is 0.356. The molecule has 0 saturated heterocycles. The molecule has 7 rings (SSSR count). The van der Waals surface area contributed by atoms with E-state index in [4.69, 9.17) is 0 Å². The molecule has 3 aromatic rings. The summed E-state index contributed by atoms with van der Waals surface area (Å²) in [5.41, 5.74) is 18.0. The van der Waals surface area contributed by atoms with Crippen molar-refractivity contribution in [1.29, 1.82) is 0 Å². The van der Waals surface area contributed by atoms with Crippen molar-refractivity contribution < 1.29 is 24.2 Å². The predicted molar refractivity (Wildman–Crippen MR) is 215 cm³/mol. The van der Waals surface area contributed by atoms with Gasteiger partial charge in [0.1, 0.15) is 0 Å². The zero-order valence-electron chi connectivity index (χ0n) is 31.2. The third-order valence-corrected chi connectivity index (χ3v) is 9.55. The second-order valence-corrected chi connectivity index (χ2v) is 15.0. The third kappa shape index (κ3) is 9.74. The first kappa shape index (κ1) is 43.8. The van der Waals surface area contributed by atoms with E-state index in [-0.39, 0.29) is 43.1 Å². The van der Waals surface area contributed by atoms with Crippen LogP contribution in [0.25, 0.3) is 22.3 Å². The molecule has 0 heterocycles. The molecule has 0 radical (unpaired) electrons. The largest absolute Gasteiger partial charge is 0.358 e. The Hall–Kier alpha value is -2.18. The van der Waals surface area contributed by atoms with Gasteiger partial charge in [0.15, 0.2) is 0 Å². The first-order chi connectivity index (χ1) is 21.2. The summed E-state index contributed by atoms with van der Waals surface area (Å²) in [4.78, 5) is 0. The molecule has 0 fully saturated rings. The molecule has 0 saturated carbocycles. The molecular weight excluding hydrogens is 703 g/mol. The number of benzene rings is 3. The van der Waals surface area contributed by atoms with Crippen LogP contribution in [0, 0.1) is 38.3 Å². The second kappa shape index (κ2) is 17.7. The fourth-order valence-electron chi connectivity index (χ4n) is 6.56. The van der Waals surface area contributed by atoms with Crippen LogP contribution in [0.15, 0.2) is 78.4 Å². The van der Waals surface area contributed by atoms with Crippen molar-refractivity contribution in [3.63, 3.8) is 0 Å². The smallest absolute Gasteiger partial charge is 0.358 e. The van der Waals surface area contributed by atoms with Crippen LogP contribution in [0.3, 0.4) is 0 Å². The van der Waals surface area contributed by atoms with Crippen LogP contribution in [0.5, 0.6) is 0 Å². The number of rotatable bonds is 0. The summed E-state index contributed by atoms with van der Waals surface area (Å²) in [6, 6.07) is 20.8. The van der Waals surface area contributed by atoms with Gasteiger partial charge in [-0.2, -0.15) is 53.1 Å². The minimum Gasteiger partial charge on any atom is -0.358 e. The standard InChI is InChI=1S/C27H29.C9H13.C7H7.CH3.CH2.2ClH.Zr/c1-16-7-9-26(3,4)24-12-18-11-19-13-25-21(17(2)8-10-27(25,5)6)15-23(19)22(18)14-20(16)24;1-9(2,3)8-6-4-5-7-8;1-7-5-3-2-4-6-7;;;;;/h7-9,12-15H,10-11H2,1-6H3;6-7H,4H2,1-3H3;3-6H,1H3;1H3;1H2;2*1H;/q4*-1;;;;. The number of hydrogen-bond acceptors (Lipinski definition) is 0. The number of aryl methyl sites for hydroxylation is 1. The Morgan fingerprint density at radius 3 is 1.77 bits per heavy atom. The van der Waals surface area contributed by atoms with E-state index >= 15 is 0 Å². The molecule has 48 heavy (non-hydrogen) atoms. The van der Waals surface area contributed by atoms with Crippen LogP contribution in [0.2, 0.25) is 0 Å². The normalized spacial score (nSPS) is 16.3. The van der Waals surface area contributed by atoms with Gasteiger partial charge in [-0.05, 0) is 70.2 Å². The molecule has 0 amide bonds. The van der Waals surface area contributed by atoms with Gasteiger partial charge in [-0.15, -0.1) is 43.7 Å². The third-order valence-electron chi connectivity index (χ3n) is 9.55. The predicted octanol–water partition coefficient (Wildman–Crippen LogP) is 13.0. The van der Waals surface area contributed by atoms with E-state index in [0.29, 0.717) is 5.41 Å². The molecule has 0 N–H and O–H groups in total. The van der Waals surface area contributed by atoms with Crippen molar-refractivity contribution in [3.8, 4) is 11.1 Å². The molecule has 258 valence electrons. The summed E-state index contributed by atoms with van der Waals surface area (Å²) < 4.78 is 3.34. The van der Waals surface area contributed by atoms with E-state index < -0.39 is 0 Å². The van der Waals surface area contributed by atoms with Gasteiger partial charge < -0.3 is 7.43 Å². The van der Waals surface area contributed by atoms with Gasteiger partial charge in [-0.3, -0.25) is 6.08 Å². The molecule has 4 aliphatic rings. The Morgan fingerprint density at radius 2 is 1.31 bits per heavy atom. The summed E-state index contributed by atoms with van der Waals surface area (Å²) in [6.07, 6.45) is 17.8. The van der Waals surface area contributed by atoms with Crippen LogP contribution in [-0.2, 0) is 41.5 Å². The minimum atomic E-state index is 0. The molecule has 0 atom stereocenters. The Balaban J connectivity index is 0.000000456. The molecule has 0 aliphatic heterocycles. The second-order valence-electron chi connectivity index (χ2n) is 15.0. The number of allylic oxidation sites excluding steroid dienone is 8. The summed E-state index contributed by atoms with van der Waals surface area (Å²) in [5.74, 6) is 0. The number of hydrogen-bond donors (Lipinski definition) is 0. The van der Waals surface area contributed by atoms with Crippen molar-refractivity contribution >= 4 is 40.2 Å². The molecule has 0 unspecified atom stereocenters. The van der Waals surface area contributed by atoms with Crippen molar-refractivity contribution in [2.45, 2.75) is 99.3 Å². The molecule has 0 bridgehead atoms. The molecule has 3 heteroatoms. The van der Waals surface area contributed by atoms with Gasteiger partial charge >= 0.3 is 28.4 Å². The average Bonchev–Trinajstić information content (AvgIpc) is 3.67. The fourth-order valence-corrected chi connectivity index (χ4v) is 6.56. The molecule has 4 aliphatic carbocycles. The number of fused-ring (bicyclic) bond motifs is 5.